The van der Waals surface area contributed by atoms with Crippen molar-refractivity contribution >= 4 is 30.7 Å². The van der Waals surface area contributed by atoms with E-state index in [0.717, 1.165) is 6.42 Å². The van der Waals surface area contributed by atoms with Gasteiger partial charge in [-0.25, -0.2) is 0 Å². The van der Waals surface area contributed by atoms with Crippen LogP contribution in [0.25, 0.3) is 0 Å². The van der Waals surface area contributed by atoms with E-state index in [2.05, 4.69) is 17.1 Å². The van der Waals surface area contributed by atoms with Gasteiger partial charge in [0.25, 0.3) is 5.91 Å². The summed E-state index contributed by atoms with van der Waals surface area (Å²) in [6, 6.07) is 13.7. The molecule has 0 spiro atoms. The van der Waals surface area contributed by atoms with E-state index in [1.807, 2.05) is 18.2 Å². The SMILES string of the molecule is CC(Oc1cccnc1)C(=O)N(CCN)CCc1ccccc1.Cl.Cl. The predicted octanol–water partition coefficient (Wildman–Crippen LogP) is 2.72. The highest BCUT2D eigenvalue weighted by Gasteiger charge is 2.21. The Kier molecular flexibility index (Phi) is 11.6. The molecule has 0 aliphatic carbocycles. The normalized spacial score (nSPS) is 10.8. The Morgan fingerprint density at radius 1 is 1.16 bits per heavy atom. The van der Waals surface area contributed by atoms with Crippen LogP contribution in [0.2, 0.25) is 0 Å². The number of carbonyl (C=O) groups is 1. The summed E-state index contributed by atoms with van der Waals surface area (Å²) >= 11 is 0. The number of aromatic nitrogens is 1. The van der Waals surface area contributed by atoms with E-state index >= 15 is 0 Å². The maximum atomic E-state index is 12.6. The third kappa shape index (κ3) is 7.73. The van der Waals surface area contributed by atoms with Gasteiger partial charge in [0, 0.05) is 25.8 Å². The van der Waals surface area contributed by atoms with Gasteiger partial charge in [-0.05, 0) is 31.0 Å². The molecule has 2 rings (SSSR count). The van der Waals surface area contributed by atoms with Crippen molar-refractivity contribution < 1.29 is 9.53 Å². The number of pyridine rings is 1. The number of hydrogen-bond acceptors (Lipinski definition) is 4. The first-order valence-corrected chi connectivity index (χ1v) is 7.80. The second-order valence-corrected chi connectivity index (χ2v) is 5.30. The smallest absolute Gasteiger partial charge is 0.263 e. The van der Waals surface area contributed by atoms with Crippen molar-refractivity contribution in [1.82, 2.24) is 9.88 Å². The number of ether oxygens (including phenoxy) is 1. The summed E-state index contributed by atoms with van der Waals surface area (Å²) in [5.74, 6) is 0.527. The molecule has 2 N–H and O–H groups in total. The Morgan fingerprint density at radius 3 is 2.48 bits per heavy atom. The van der Waals surface area contributed by atoms with Gasteiger partial charge >= 0.3 is 0 Å². The van der Waals surface area contributed by atoms with E-state index in [9.17, 15) is 4.79 Å². The minimum Gasteiger partial charge on any atom is -0.479 e. The zero-order valence-corrected chi connectivity index (χ0v) is 15.8. The molecule has 0 fully saturated rings. The quantitative estimate of drug-likeness (QED) is 0.758. The first-order chi connectivity index (χ1) is 11.2. The fraction of sp³-hybridized carbons (Fsp3) is 0.333. The van der Waals surface area contributed by atoms with Crippen molar-refractivity contribution in [3.05, 3.63) is 60.4 Å². The molecule has 1 aromatic carbocycles. The first kappa shape index (κ1) is 23.2. The highest BCUT2D eigenvalue weighted by molar-refractivity contribution is 5.85. The van der Waals surface area contributed by atoms with Crippen molar-refractivity contribution in [3.8, 4) is 5.75 Å². The average molecular weight is 386 g/mol. The van der Waals surface area contributed by atoms with Crippen molar-refractivity contribution in [2.24, 2.45) is 5.73 Å². The molecular formula is C18H25Cl2N3O2. The topological polar surface area (TPSA) is 68.5 Å². The zero-order chi connectivity index (χ0) is 16.5. The van der Waals surface area contributed by atoms with Crippen LogP contribution in [0.15, 0.2) is 54.9 Å². The number of carbonyl (C=O) groups excluding carboxylic acids is 1. The van der Waals surface area contributed by atoms with Gasteiger partial charge in [0.05, 0.1) is 6.20 Å². The fourth-order valence-electron chi connectivity index (χ4n) is 2.33. The molecule has 1 atom stereocenters. The Bertz CT molecular complexity index is 600. The predicted molar refractivity (Wildman–Crippen MR) is 105 cm³/mol. The van der Waals surface area contributed by atoms with Crippen LogP contribution in [-0.2, 0) is 11.2 Å². The highest BCUT2D eigenvalue weighted by atomic mass is 35.5. The van der Waals surface area contributed by atoms with Crippen LogP contribution >= 0.6 is 24.8 Å². The van der Waals surface area contributed by atoms with Crippen LogP contribution in [-0.4, -0.2) is 41.5 Å². The summed E-state index contributed by atoms with van der Waals surface area (Å²) in [4.78, 5) is 18.3. The molecule has 0 aliphatic heterocycles. The molecule has 1 heterocycles. The number of halogens is 2. The standard InChI is InChI=1S/C18H23N3O2.2ClH/c1-15(23-17-8-5-11-20-14-17)18(22)21(13-10-19)12-9-16-6-3-2-4-7-16;;/h2-8,11,14-15H,9-10,12-13,19H2,1H3;2*1H. The van der Waals surface area contributed by atoms with Gasteiger partial charge in [-0.2, -0.15) is 0 Å². The number of hydrogen-bond donors (Lipinski definition) is 1. The molecule has 0 radical (unpaired) electrons. The Hall–Kier alpha value is -1.82. The van der Waals surface area contributed by atoms with E-state index in [1.165, 1.54) is 5.56 Å². The van der Waals surface area contributed by atoms with Gasteiger partial charge in [-0.15, -0.1) is 24.8 Å². The lowest BCUT2D eigenvalue weighted by molar-refractivity contribution is -0.137. The van der Waals surface area contributed by atoms with Crippen LogP contribution in [0.3, 0.4) is 0 Å². The van der Waals surface area contributed by atoms with Crippen LogP contribution < -0.4 is 10.5 Å². The van der Waals surface area contributed by atoms with E-state index in [0.29, 0.717) is 25.4 Å². The lowest BCUT2D eigenvalue weighted by Gasteiger charge is -2.25. The van der Waals surface area contributed by atoms with Crippen LogP contribution in [0.5, 0.6) is 5.75 Å². The molecule has 25 heavy (non-hydrogen) atoms. The van der Waals surface area contributed by atoms with Crippen molar-refractivity contribution in [3.63, 3.8) is 0 Å². The van der Waals surface area contributed by atoms with Gasteiger partial charge in [0.2, 0.25) is 0 Å². The zero-order valence-electron chi connectivity index (χ0n) is 14.2. The molecule has 0 bridgehead atoms. The van der Waals surface area contributed by atoms with Crippen LogP contribution in [0.1, 0.15) is 12.5 Å². The first-order valence-electron chi connectivity index (χ1n) is 7.80. The fourth-order valence-corrected chi connectivity index (χ4v) is 2.33. The van der Waals surface area contributed by atoms with Gasteiger partial charge in [0.1, 0.15) is 5.75 Å². The lowest BCUT2D eigenvalue weighted by atomic mass is 10.1. The maximum Gasteiger partial charge on any atom is 0.263 e. The number of nitrogens with zero attached hydrogens (tertiary/aromatic N) is 2. The Balaban J connectivity index is 0.00000288. The molecular weight excluding hydrogens is 361 g/mol. The molecule has 0 saturated heterocycles. The number of nitrogens with two attached hydrogens (primary N) is 1. The van der Waals surface area contributed by atoms with Crippen LogP contribution in [0.4, 0.5) is 0 Å². The summed E-state index contributed by atoms with van der Waals surface area (Å²) < 4.78 is 5.66. The van der Waals surface area contributed by atoms with Gasteiger partial charge in [-0.1, -0.05) is 30.3 Å². The summed E-state index contributed by atoms with van der Waals surface area (Å²) in [5.41, 5.74) is 6.84. The molecule has 1 amide bonds. The second-order valence-electron chi connectivity index (χ2n) is 5.30. The third-order valence-electron chi connectivity index (χ3n) is 3.52. The second kappa shape index (κ2) is 12.5. The van der Waals surface area contributed by atoms with E-state index < -0.39 is 6.10 Å². The number of amides is 1. The molecule has 1 aromatic heterocycles. The largest absolute Gasteiger partial charge is 0.479 e. The third-order valence-corrected chi connectivity index (χ3v) is 3.52. The summed E-state index contributed by atoms with van der Waals surface area (Å²) in [6.45, 7) is 3.33. The molecule has 1 unspecified atom stereocenters. The molecule has 2 aromatic rings. The average Bonchev–Trinajstić information content (AvgIpc) is 2.59. The van der Waals surface area contributed by atoms with Crippen molar-refractivity contribution in [2.75, 3.05) is 19.6 Å². The summed E-state index contributed by atoms with van der Waals surface area (Å²) in [5, 5.41) is 0. The van der Waals surface area contributed by atoms with E-state index in [1.54, 1.807) is 36.4 Å². The molecule has 5 nitrogen and oxygen atoms in total. The van der Waals surface area contributed by atoms with Gasteiger partial charge in [0.15, 0.2) is 6.10 Å². The number of rotatable bonds is 8. The monoisotopic (exact) mass is 385 g/mol. The molecule has 7 heteroatoms. The van der Waals surface area contributed by atoms with Gasteiger partial charge in [-0.3, -0.25) is 9.78 Å². The molecule has 138 valence electrons. The summed E-state index contributed by atoms with van der Waals surface area (Å²) in [6.07, 6.45) is 3.49. The van der Waals surface area contributed by atoms with Gasteiger partial charge < -0.3 is 15.4 Å². The minimum atomic E-state index is -0.568. The summed E-state index contributed by atoms with van der Waals surface area (Å²) in [7, 11) is 0. The highest BCUT2D eigenvalue weighted by Crippen LogP contribution is 2.11. The Morgan fingerprint density at radius 2 is 1.88 bits per heavy atom. The lowest BCUT2D eigenvalue weighted by Crippen LogP contribution is -2.43. The maximum absolute atomic E-state index is 12.6. The minimum absolute atomic E-state index is 0. The van der Waals surface area contributed by atoms with Crippen molar-refractivity contribution in [2.45, 2.75) is 19.4 Å². The van der Waals surface area contributed by atoms with E-state index in [4.69, 9.17) is 10.5 Å². The van der Waals surface area contributed by atoms with Crippen molar-refractivity contribution in [1.29, 1.82) is 0 Å². The van der Waals surface area contributed by atoms with Crippen LogP contribution in [0, 0.1) is 0 Å². The van der Waals surface area contributed by atoms with E-state index in [-0.39, 0.29) is 30.7 Å². The molecule has 0 saturated carbocycles. The molecule has 0 aliphatic rings. The number of benzene rings is 1. The Labute approximate surface area is 161 Å².